The lowest BCUT2D eigenvalue weighted by atomic mass is 9.94. The molecule has 1 heterocycles. The van der Waals surface area contributed by atoms with E-state index in [0.29, 0.717) is 0 Å². The monoisotopic (exact) mass is 729 g/mol. The number of hydrogen-bond donors (Lipinski definition) is 0. The lowest BCUT2D eigenvalue weighted by Gasteiger charge is -2.26. The lowest BCUT2D eigenvalue weighted by molar-refractivity contribution is 0.629. The van der Waals surface area contributed by atoms with Crippen LogP contribution >= 0.6 is 0 Å². The maximum Gasteiger partial charge on any atom is 0.138 e. The molecule has 0 bridgehead atoms. The molecule has 270 valence electrons. The van der Waals surface area contributed by atoms with Crippen molar-refractivity contribution in [1.29, 1.82) is 0 Å². The van der Waals surface area contributed by atoms with Crippen LogP contribution in [0.3, 0.4) is 0 Å². The highest BCUT2D eigenvalue weighted by molar-refractivity contribution is 5.90. The van der Waals surface area contributed by atoms with E-state index in [2.05, 4.69) is 218 Å². The van der Waals surface area contributed by atoms with E-state index in [9.17, 15) is 0 Å². The summed E-state index contributed by atoms with van der Waals surface area (Å²) in [5.41, 5.74) is 15.9. The largest absolute Gasteiger partial charge is 0.456 e. The van der Waals surface area contributed by atoms with Gasteiger partial charge in [0.2, 0.25) is 0 Å². The number of hydrogen-bond acceptors (Lipinski definition) is 2. The van der Waals surface area contributed by atoms with E-state index < -0.39 is 0 Å². The van der Waals surface area contributed by atoms with E-state index in [1.165, 1.54) is 44.2 Å². The van der Waals surface area contributed by atoms with Crippen molar-refractivity contribution in [3.05, 3.63) is 224 Å². The van der Waals surface area contributed by atoms with Crippen LogP contribution in [-0.2, 0) is 0 Å². The van der Waals surface area contributed by atoms with Gasteiger partial charge in [-0.1, -0.05) is 164 Å². The van der Waals surface area contributed by atoms with E-state index in [-0.39, 0.29) is 0 Å². The van der Waals surface area contributed by atoms with Crippen LogP contribution in [0.5, 0.6) is 0 Å². The molecule has 0 saturated heterocycles. The fourth-order valence-corrected chi connectivity index (χ4v) is 8.11. The van der Waals surface area contributed by atoms with Crippen molar-refractivity contribution < 1.29 is 4.42 Å². The minimum absolute atomic E-state index is 0.915. The summed E-state index contributed by atoms with van der Waals surface area (Å²) < 4.78 is 6.34. The quantitative estimate of drug-likeness (QED) is 0.155. The van der Waals surface area contributed by atoms with E-state index in [4.69, 9.17) is 4.42 Å². The van der Waals surface area contributed by atoms with Gasteiger partial charge in [0.05, 0.1) is 0 Å². The number of fused-ring (bicyclic) bond motifs is 2. The fourth-order valence-electron chi connectivity index (χ4n) is 8.11. The average molecular weight is 730 g/mol. The number of furan rings is 1. The van der Waals surface area contributed by atoms with Crippen LogP contribution in [0.2, 0.25) is 0 Å². The predicted molar refractivity (Wildman–Crippen MR) is 240 cm³/mol. The van der Waals surface area contributed by atoms with Crippen LogP contribution in [0.1, 0.15) is 5.56 Å². The number of para-hydroxylation sites is 1. The summed E-state index contributed by atoms with van der Waals surface area (Å²) in [4.78, 5) is 2.34. The minimum atomic E-state index is 0.915. The Balaban J connectivity index is 1.01. The highest BCUT2D eigenvalue weighted by atomic mass is 16.3. The van der Waals surface area contributed by atoms with E-state index in [0.717, 1.165) is 56.0 Å². The molecule has 0 unspecified atom stereocenters. The molecule has 0 aliphatic heterocycles. The lowest BCUT2D eigenvalue weighted by Crippen LogP contribution is -2.09. The molecule has 10 rings (SSSR count). The van der Waals surface area contributed by atoms with Crippen LogP contribution in [0.25, 0.3) is 77.6 Å². The third-order valence-corrected chi connectivity index (χ3v) is 11.1. The first-order valence-corrected chi connectivity index (χ1v) is 19.5. The smallest absolute Gasteiger partial charge is 0.138 e. The first kappa shape index (κ1) is 34.1. The van der Waals surface area contributed by atoms with E-state index in [1.54, 1.807) is 0 Å². The molecule has 1 aromatic heterocycles. The van der Waals surface area contributed by atoms with Gasteiger partial charge < -0.3 is 9.32 Å². The zero-order chi connectivity index (χ0) is 38.1. The molecule has 0 aliphatic carbocycles. The first-order chi connectivity index (χ1) is 28.2. The molecule has 0 fully saturated rings. The second-order valence-electron chi connectivity index (χ2n) is 14.6. The van der Waals surface area contributed by atoms with Crippen LogP contribution in [-0.4, -0.2) is 0 Å². The molecule has 2 heteroatoms. The highest BCUT2D eigenvalue weighted by Gasteiger charge is 2.16. The molecule has 0 radical (unpaired) electrons. The van der Waals surface area contributed by atoms with Crippen molar-refractivity contribution in [2.75, 3.05) is 4.90 Å². The van der Waals surface area contributed by atoms with Gasteiger partial charge in [0, 0.05) is 33.6 Å². The van der Waals surface area contributed by atoms with Crippen molar-refractivity contribution in [2.45, 2.75) is 6.92 Å². The molecule has 2 nitrogen and oxygen atoms in total. The van der Waals surface area contributed by atoms with Gasteiger partial charge in [-0.2, -0.15) is 0 Å². The van der Waals surface area contributed by atoms with Crippen molar-refractivity contribution in [3.8, 4) is 55.8 Å². The molecular formula is C55H39NO. The number of aryl methyl sites for hydroxylation is 1. The summed E-state index contributed by atoms with van der Waals surface area (Å²) in [6.07, 6.45) is 0. The Morgan fingerprint density at radius 2 is 0.807 bits per heavy atom. The Morgan fingerprint density at radius 1 is 0.333 bits per heavy atom. The summed E-state index contributed by atoms with van der Waals surface area (Å²) in [6, 6.07) is 78.2. The molecule has 0 atom stereocenters. The van der Waals surface area contributed by atoms with Crippen LogP contribution in [0, 0.1) is 6.92 Å². The number of rotatable bonds is 8. The van der Waals surface area contributed by atoms with Gasteiger partial charge in [-0.05, 0) is 117 Å². The van der Waals surface area contributed by atoms with Gasteiger partial charge in [-0.15, -0.1) is 0 Å². The Morgan fingerprint density at radius 3 is 1.46 bits per heavy atom. The summed E-state index contributed by atoms with van der Waals surface area (Å²) in [5, 5.41) is 3.65. The van der Waals surface area contributed by atoms with Crippen molar-refractivity contribution in [2.24, 2.45) is 0 Å². The second-order valence-corrected chi connectivity index (χ2v) is 14.6. The number of nitrogens with zero attached hydrogens (tertiary/aromatic N) is 1. The van der Waals surface area contributed by atoms with E-state index >= 15 is 0 Å². The third-order valence-electron chi connectivity index (χ3n) is 11.1. The Kier molecular flexibility index (Phi) is 8.78. The van der Waals surface area contributed by atoms with Gasteiger partial charge in [0.15, 0.2) is 0 Å². The molecule has 0 N–H and O–H groups in total. The van der Waals surface area contributed by atoms with Gasteiger partial charge >= 0.3 is 0 Å². The SMILES string of the molecule is Cc1c(-c2cccc(-c3ccc(N(c4ccc(-c5ccc6ccccc6c5)cc4)c4ccc(-c5ccccc5-c5ccccc5)cc4)cc3)c2)oc2ccccc12. The predicted octanol–water partition coefficient (Wildman–Crippen LogP) is 15.7. The molecule has 57 heavy (non-hydrogen) atoms. The first-order valence-electron chi connectivity index (χ1n) is 19.5. The van der Waals surface area contributed by atoms with Gasteiger partial charge in [0.25, 0.3) is 0 Å². The van der Waals surface area contributed by atoms with Gasteiger partial charge in [-0.25, -0.2) is 0 Å². The minimum Gasteiger partial charge on any atom is -0.456 e. The van der Waals surface area contributed by atoms with Gasteiger partial charge in [-0.3, -0.25) is 0 Å². The molecule has 9 aromatic carbocycles. The van der Waals surface area contributed by atoms with Gasteiger partial charge in [0.1, 0.15) is 11.3 Å². The highest BCUT2D eigenvalue weighted by Crippen LogP contribution is 2.40. The summed E-state index contributed by atoms with van der Waals surface area (Å²) in [7, 11) is 0. The molecular weight excluding hydrogens is 691 g/mol. The summed E-state index contributed by atoms with van der Waals surface area (Å²) >= 11 is 0. The molecule has 0 saturated carbocycles. The number of benzene rings is 9. The molecule has 0 amide bonds. The van der Waals surface area contributed by atoms with Crippen molar-refractivity contribution in [3.63, 3.8) is 0 Å². The zero-order valence-electron chi connectivity index (χ0n) is 31.6. The van der Waals surface area contributed by atoms with Crippen LogP contribution < -0.4 is 4.90 Å². The Labute approximate surface area is 333 Å². The molecule has 0 aliphatic rings. The zero-order valence-corrected chi connectivity index (χ0v) is 31.6. The average Bonchev–Trinajstić information content (AvgIpc) is 3.63. The van der Waals surface area contributed by atoms with Crippen LogP contribution in [0.15, 0.2) is 223 Å². The maximum absolute atomic E-state index is 6.34. The molecule has 0 spiro atoms. The summed E-state index contributed by atoms with van der Waals surface area (Å²) in [5.74, 6) is 0.919. The fraction of sp³-hybridized carbons (Fsp3) is 0.0182. The maximum atomic E-state index is 6.34. The topological polar surface area (TPSA) is 16.4 Å². The van der Waals surface area contributed by atoms with Crippen LogP contribution in [0.4, 0.5) is 17.1 Å². The standard InChI is InChI=1S/C55H39NO/c1-38-51-18-9-10-21-54(51)57-55(38)47-17-11-16-45(37-47)40-24-30-48(31-25-40)56(49-32-26-41(27-33-49)46-23-22-39-12-5-6-15-44(39)36-46)50-34-28-43(29-35-50)53-20-8-7-19-52(53)42-13-3-2-4-14-42/h2-37H,1H3. The van der Waals surface area contributed by atoms with E-state index in [1.807, 2.05) is 12.1 Å². The summed E-state index contributed by atoms with van der Waals surface area (Å²) in [6.45, 7) is 2.14. The Hall–Kier alpha value is -7.42. The normalized spacial score (nSPS) is 11.2. The van der Waals surface area contributed by atoms with Crippen molar-refractivity contribution >= 4 is 38.8 Å². The Bertz CT molecular complexity index is 2990. The third kappa shape index (κ3) is 6.58. The molecule has 10 aromatic rings. The second kappa shape index (κ2) is 14.7. The number of anilines is 3. The van der Waals surface area contributed by atoms with Crippen molar-refractivity contribution in [1.82, 2.24) is 0 Å².